The van der Waals surface area contributed by atoms with Crippen LogP contribution in [0.1, 0.15) is 63.2 Å². The molecule has 0 unspecified atom stereocenters. The second-order valence-electron chi connectivity index (χ2n) is 8.31. The van der Waals surface area contributed by atoms with E-state index in [4.69, 9.17) is 53.8 Å². The Balaban J connectivity index is 2.23. The standard InChI is InChI=1S/C28H31Cl3O5/c1-4-7-12-34-26-24(33-11-6-3)23-17-19(29)9-10-22(23)25(27(26)35-13-8-5-2)36-28(32)18-14-20(30)16-21(31)15-18/h9-10,14-17H,4-8,11-13H2,1-3H3. The summed E-state index contributed by atoms with van der Waals surface area (Å²) < 4.78 is 24.6. The third kappa shape index (κ3) is 7.12. The lowest BCUT2D eigenvalue weighted by molar-refractivity contribution is 0.0729. The number of hydrogen-bond donors (Lipinski definition) is 0. The van der Waals surface area contributed by atoms with Crippen molar-refractivity contribution < 1.29 is 23.7 Å². The van der Waals surface area contributed by atoms with Gasteiger partial charge in [0.1, 0.15) is 0 Å². The van der Waals surface area contributed by atoms with E-state index >= 15 is 0 Å². The molecule has 0 saturated carbocycles. The van der Waals surface area contributed by atoms with Crippen LogP contribution in [0.3, 0.4) is 0 Å². The number of carbonyl (C=O) groups is 1. The first-order valence-electron chi connectivity index (χ1n) is 12.2. The van der Waals surface area contributed by atoms with Crippen LogP contribution in [0.15, 0.2) is 36.4 Å². The maximum absolute atomic E-state index is 13.2. The molecule has 0 amide bonds. The Morgan fingerprint density at radius 2 is 1.22 bits per heavy atom. The minimum absolute atomic E-state index is 0.217. The quantitative estimate of drug-likeness (QED) is 0.120. The van der Waals surface area contributed by atoms with E-state index in [1.165, 1.54) is 12.1 Å². The Morgan fingerprint density at radius 3 is 1.81 bits per heavy atom. The minimum atomic E-state index is -0.627. The zero-order valence-corrected chi connectivity index (χ0v) is 23.1. The Kier molecular flexibility index (Phi) is 10.8. The highest BCUT2D eigenvalue weighted by Crippen LogP contribution is 2.52. The second kappa shape index (κ2) is 13.8. The number of esters is 1. The van der Waals surface area contributed by atoms with Crippen LogP contribution in [0.25, 0.3) is 10.8 Å². The van der Waals surface area contributed by atoms with Gasteiger partial charge in [-0.15, -0.1) is 0 Å². The molecular formula is C28H31Cl3O5. The third-order valence-corrected chi connectivity index (χ3v) is 5.99. The SMILES string of the molecule is CCCCOc1c(OCCCC)c(OC(=O)c2cc(Cl)cc(Cl)c2)c2ccc(Cl)cc2c1OCCC. The molecule has 0 radical (unpaired) electrons. The van der Waals surface area contributed by atoms with Gasteiger partial charge in [-0.25, -0.2) is 4.79 Å². The van der Waals surface area contributed by atoms with Crippen molar-refractivity contribution in [3.05, 3.63) is 57.0 Å². The lowest BCUT2D eigenvalue weighted by Crippen LogP contribution is -2.12. The summed E-state index contributed by atoms with van der Waals surface area (Å²) in [5.74, 6) is 0.839. The number of ether oxygens (including phenoxy) is 4. The highest BCUT2D eigenvalue weighted by atomic mass is 35.5. The highest BCUT2D eigenvalue weighted by molar-refractivity contribution is 6.35. The first-order chi connectivity index (χ1) is 17.4. The summed E-state index contributed by atoms with van der Waals surface area (Å²) in [5, 5.41) is 2.45. The number of fused-ring (bicyclic) bond motifs is 1. The predicted octanol–water partition coefficient (Wildman–Crippen LogP) is 9.17. The van der Waals surface area contributed by atoms with Gasteiger partial charge in [-0.05, 0) is 55.7 Å². The topological polar surface area (TPSA) is 54.0 Å². The first kappa shape index (κ1) is 28.2. The zero-order chi connectivity index (χ0) is 26.1. The summed E-state index contributed by atoms with van der Waals surface area (Å²) in [6.45, 7) is 7.52. The molecule has 0 aromatic heterocycles. The molecule has 3 aromatic carbocycles. The van der Waals surface area contributed by atoms with Gasteiger partial charge in [0, 0.05) is 25.8 Å². The van der Waals surface area contributed by atoms with Gasteiger partial charge in [-0.1, -0.05) is 68.4 Å². The van der Waals surface area contributed by atoms with Crippen molar-refractivity contribution in [2.24, 2.45) is 0 Å². The highest BCUT2D eigenvalue weighted by Gasteiger charge is 2.27. The van der Waals surface area contributed by atoms with Gasteiger partial charge in [-0.3, -0.25) is 0 Å². The lowest BCUT2D eigenvalue weighted by atomic mass is 10.1. The van der Waals surface area contributed by atoms with Crippen LogP contribution < -0.4 is 18.9 Å². The molecule has 0 atom stereocenters. The van der Waals surface area contributed by atoms with Crippen LogP contribution in [0.2, 0.25) is 15.1 Å². The van der Waals surface area contributed by atoms with Crippen molar-refractivity contribution in [2.75, 3.05) is 19.8 Å². The fraction of sp³-hybridized carbons (Fsp3) is 0.393. The largest absolute Gasteiger partial charge is 0.489 e. The summed E-state index contributed by atoms with van der Waals surface area (Å²) in [4.78, 5) is 13.2. The molecule has 3 rings (SSSR count). The molecule has 0 fully saturated rings. The van der Waals surface area contributed by atoms with E-state index in [2.05, 4.69) is 13.8 Å². The molecule has 194 valence electrons. The summed E-state index contributed by atoms with van der Waals surface area (Å²) in [6.07, 6.45) is 4.34. The van der Waals surface area contributed by atoms with Crippen LogP contribution in [-0.4, -0.2) is 25.8 Å². The number of unbranched alkanes of at least 4 members (excludes halogenated alkanes) is 2. The molecule has 5 nitrogen and oxygen atoms in total. The van der Waals surface area contributed by atoms with Crippen LogP contribution in [0, 0.1) is 0 Å². The number of benzene rings is 3. The van der Waals surface area contributed by atoms with Gasteiger partial charge >= 0.3 is 5.97 Å². The van der Waals surface area contributed by atoms with Crippen molar-refractivity contribution in [1.82, 2.24) is 0 Å². The Labute approximate surface area is 227 Å². The monoisotopic (exact) mass is 552 g/mol. The van der Waals surface area contributed by atoms with Gasteiger partial charge in [-0.2, -0.15) is 0 Å². The number of hydrogen-bond acceptors (Lipinski definition) is 5. The van der Waals surface area contributed by atoms with Gasteiger partial charge in [0.05, 0.1) is 25.4 Å². The molecule has 0 saturated heterocycles. The summed E-state index contributed by atoms with van der Waals surface area (Å²) in [6, 6.07) is 9.85. The molecule has 8 heteroatoms. The Bertz CT molecular complexity index is 1180. The molecule has 0 N–H and O–H groups in total. The number of halogens is 3. The molecule has 0 heterocycles. The molecule has 0 aliphatic heterocycles. The minimum Gasteiger partial charge on any atom is -0.489 e. The van der Waals surface area contributed by atoms with E-state index in [0.29, 0.717) is 62.9 Å². The van der Waals surface area contributed by atoms with Crippen molar-refractivity contribution in [1.29, 1.82) is 0 Å². The molecular weight excluding hydrogens is 523 g/mol. The third-order valence-electron chi connectivity index (χ3n) is 5.32. The second-order valence-corrected chi connectivity index (χ2v) is 9.62. The van der Waals surface area contributed by atoms with Crippen molar-refractivity contribution >= 4 is 51.5 Å². The molecule has 3 aromatic rings. The van der Waals surface area contributed by atoms with Gasteiger partial charge in [0.2, 0.25) is 11.5 Å². The number of carbonyl (C=O) groups excluding carboxylic acids is 1. The van der Waals surface area contributed by atoms with E-state index in [9.17, 15) is 4.79 Å². The van der Waals surface area contributed by atoms with E-state index in [1.807, 2.05) is 6.92 Å². The summed E-state index contributed by atoms with van der Waals surface area (Å²) >= 11 is 18.6. The normalized spacial score (nSPS) is 10.9. The van der Waals surface area contributed by atoms with Crippen LogP contribution in [0.5, 0.6) is 23.0 Å². The zero-order valence-electron chi connectivity index (χ0n) is 20.8. The van der Waals surface area contributed by atoms with Crippen molar-refractivity contribution in [3.63, 3.8) is 0 Å². The molecule has 0 aliphatic carbocycles. The van der Waals surface area contributed by atoms with Crippen LogP contribution >= 0.6 is 34.8 Å². The van der Waals surface area contributed by atoms with Gasteiger partial charge in [0.15, 0.2) is 11.5 Å². The van der Waals surface area contributed by atoms with E-state index in [0.717, 1.165) is 32.1 Å². The maximum atomic E-state index is 13.2. The van der Waals surface area contributed by atoms with Crippen molar-refractivity contribution in [3.8, 4) is 23.0 Å². The fourth-order valence-electron chi connectivity index (χ4n) is 3.52. The van der Waals surface area contributed by atoms with E-state index in [-0.39, 0.29) is 11.3 Å². The van der Waals surface area contributed by atoms with Crippen LogP contribution in [0.4, 0.5) is 0 Å². The average molecular weight is 554 g/mol. The molecule has 0 aliphatic rings. The number of rotatable bonds is 13. The Hall–Kier alpha value is -2.34. The molecule has 0 spiro atoms. The summed E-state index contributed by atoms with van der Waals surface area (Å²) in [7, 11) is 0. The maximum Gasteiger partial charge on any atom is 0.343 e. The first-order valence-corrected chi connectivity index (χ1v) is 13.4. The Morgan fingerprint density at radius 1 is 0.639 bits per heavy atom. The smallest absolute Gasteiger partial charge is 0.343 e. The van der Waals surface area contributed by atoms with Gasteiger partial charge in [0.25, 0.3) is 0 Å². The average Bonchev–Trinajstić information content (AvgIpc) is 2.84. The predicted molar refractivity (Wildman–Crippen MR) is 147 cm³/mol. The summed E-state index contributed by atoms with van der Waals surface area (Å²) in [5.41, 5.74) is 0.217. The molecule has 36 heavy (non-hydrogen) atoms. The fourth-order valence-corrected chi connectivity index (χ4v) is 4.22. The van der Waals surface area contributed by atoms with E-state index < -0.39 is 5.97 Å². The molecule has 0 bridgehead atoms. The van der Waals surface area contributed by atoms with Crippen LogP contribution in [-0.2, 0) is 0 Å². The van der Waals surface area contributed by atoms with Crippen molar-refractivity contribution in [2.45, 2.75) is 52.9 Å². The lowest BCUT2D eigenvalue weighted by Gasteiger charge is -2.22. The van der Waals surface area contributed by atoms with Gasteiger partial charge < -0.3 is 18.9 Å². The van der Waals surface area contributed by atoms with E-state index in [1.54, 1.807) is 24.3 Å².